The summed E-state index contributed by atoms with van der Waals surface area (Å²) in [6, 6.07) is 8.48. The van der Waals surface area contributed by atoms with E-state index in [0.29, 0.717) is 5.92 Å². The predicted octanol–water partition coefficient (Wildman–Crippen LogP) is 4.21. The molecule has 3 aromatic rings. The van der Waals surface area contributed by atoms with Gasteiger partial charge in [0.05, 0.1) is 11.4 Å². The average molecular weight is 378 g/mol. The minimum atomic E-state index is 0.689. The van der Waals surface area contributed by atoms with Crippen LogP contribution in [0.3, 0.4) is 0 Å². The molecule has 1 aliphatic rings. The summed E-state index contributed by atoms with van der Waals surface area (Å²) in [7, 11) is 0. The van der Waals surface area contributed by atoms with E-state index in [4.69, 9.17) is 5.10 Å². The lowest BCUT2D eigenvalue weighted by molar-refractivity contribution is 0.155. The van der Waals surface area contributed by atoms with Gasteiger partial charge in [0.25, 0.3) is 0 Å². The van der Waals surface area contributed by atoms with Crippen molar-refractivity contribution >= 4 is 0 Å². The van der Waals surface area contributed by atoms with Gasteiger partial charge in [-0.3, -0.25) is 4.90 Å². The molecule has 1 aromatic carbocycles. The van der Waals surface area contributed by atoms with Gasteiger partial charge in [0.1, 0.15) is 5.82 Å². The van der Waals surface area contributed by atoms with Gasteiger partial charge in [-0.2, -0.15) is 5.10 Å². The number of aryl methyl sites for hydroxylation is 3. The number of nitrogens with zero attached hydrogens (tertiary/aromatic N) is 5. The van der Waals surface area contributed by atoms with Gasteiger partial charge in [0.15, 0.2) is 0 Å². The zero-order chi connectivity index (χ0) is 19.7. The molecule has 0 bridgehead atoms. The maximum Gasteiger partial charge on any atom is 0.105 e. The first-order valence-electron chi connectivity index (χ1n) is 10.3. The summed E-state index contributed by atoms with van der Waals surface area (Å²) in [5.74, 6) is 1.80. The molecule has 5 heteroatoms. The summed E-state index contributed by atoms with van der Waals surface area (Å²) in [6.45, 7) is 13.0. The van der Waals surface area contributed by atoms with E-state index in [1.807, 2.05) is 6.20 Å². The van der Waals surface area contributed by atoms with Crippen molar-refractivity contribution in [3.63, 3.8) is 0 Å². The maximum absolute atomic E-state index is 4.88. The second-order valence-corrected chi connectivity index (χ2v) is 8.22. The zero-order valence-corrected chi connectivity index (χ0v) is 17.5. The van der Waals surface area contributed by atoms with Crippen LogP contribution in [0.2, 0.25) is 0 Å². The van der Waals surface area contributed by atoms with Crippen molar-refractivity contribution in [3.05, 3.63) is 65.0 Å². The van der Waals surface area contributed by atoms with Crippen molar-refractivity contribution in [1.82, 2.24) is 24.2 Å². The molecule has 0 saturated carbocycles. The Hall–Kier alpha value is -2.40. The molecule has 1 aliphatic heterocycles. The molecule has 0 radical (unpaired) electrons. The van der Waals surface area contributed by atoms with E-state index in [0.717, 1.165) is 31.2 Å². The lowest BCUT2D eigenvalue weighted by Crippen LogP contribution is -2.36. The Kier molecular flexibility index (Phi) is 5.36. The Bertz CT molecular complexity index is 952. The first kappa shape index (κ1) is 18.9. The first-order chi connectivity index (χ1) is 13.5. The van der Waals surface area contributed by atoms with E-state index in [2.05, 4.69) is 77.3 Å². The molecule has 28 heavy (non-hydrogen) atoms. The standard InChI is InChI=1S/C23H31N5/c1-17-8-5-6-10-23(17)28-19(3)22(18(2)25-28)16-26-12-7-9-21(14-26)15-27-13-11-24-20(27)4/h5-6,8,10-11,13,21H,7,9,12,14-16H2,1-4H3. The van der Waals surface area contributed by atoms with Crippen LogP contribution in [0.4, 0.5) is 0 Å². The topological polar surface area (TPSA) is 38.9 Å². The quantitative estimate of drug-likeness (QED) is 0.668. The molecule has 0 amide bonds. The monoisotopic (exact) mass is 377 g/mol. The van der Waals surface area contributed by atoms with Crippen molar-refractivity contribution in [1.29, 1.82) is 0 Å². The van der Waals surface area contributed by atoms with Crippen molar-refractivity contribution in [3.8, 4) is 5.69 Å². The highest BCUT2D eigenvalue weighted by molar-refractivity contribution is 5.42. The lowest BCUT2D eigenvalue weighted by atomic mass is 9.97. The molecule has 4 rings (SSSR count). The van der Waals surface area contributed by atoms with E-state index >= 15 is 0 Å². The lowest BCUT2D eigenvalue weighted by Gasteiger charge is -2.33. The highest BCUT2D eigenvalue weighted by Gasteiger charge is 2.23. The summed E-state index contributed by atoms with van der Waals surface area (Å²) in [5, 5.41) is 4.88. The fraction of sp³-hybridized carbons (Fsp3) is 0.478. The number of para-hydroxylation sites is 1. The molecule has 1 unspecified atom stereocenters. The van der Waals surface area contributed by atoms with Gasteiger partial charge in [0.2, 0.25) is 0 Å². The number of rotatable bonds is 5. The molecule has 1 fully saturated rings. The summed E-state index contributed by atoms with van der Waals surface area (Å²) < 4.78 is 4.41. The van der Waals surface area contributed by atoms with E-state index in [9.17, 15) is 0 Å². The molecule has 2 aromatic heterocycles. The van der Waals surface area contributed by atoms with Crippen LogP contribution >= 0.6 is 0 Å². The third-order valence-corrected chi connectivity index (χ3v) is 6.15. The minimum Gasteiger partial charge on any atom is -0.335 e. The van der Waals surface area contributed by atoms with Gasteiger partial charge in [-0.15, -0.1) is 0 Å². The van der Waals surface area contributed by atoms with E-state index in [1.54, 1.807) is 0 Å². The Morgan fingerprint density at radius 1 is 1.11 bits per heavy atom. The molecule has 0 aliphatic carbocycles. The highest BCUT2D eigenvalue weighted by atomic mass is 15.3. The Morgan fingerprint density at radius 3 is 2.68 bits per heavy atom. The minimum absolute atomic E-state index is 0.689. The molecule has 1 saturated heterocycles. The van der Waals surface area contributed by atoms with E-state index < -0.39 is 0 Å². The van der Waals surface area contributed by atoms with Crippen LogP contribution in [0.5, 0.6) is 0 Å². The summed E-state index contributed by atoms with van der Waals surface area (Å²) in [6.07, 6.45) is 6.58. The Balaban J connectivity index is 1.50. The van der Waals surface area contributed by atoms with Crippen molar-refractivity contribution in [2.75, 3.05) is 13.1 Å². The zero-order valence-electron chi connectivity index (χ0n) is 17.5. The van der Waals surface area contributed by atoms with Gasteiger partial charge < -0.3 is 4.57 Å². The first-order valence-corrected chi connectivity index (χ1v) is 10.3. The van der Waals surface area contributed by atoms with Crippen LogP contribution in [-0.4, -0.2) is 37.3 Å². The molecule has 148 valence electrons. The van der Waals surface area contributed by atoms with Crippen LogP contribution in [0.1, 0.15) is 41.2 Å². The van der Waals surface area contributed by atoms with Gasteiger partial charge in [-0.05, 0) is 64.6 Å². The number of benzene rings is 1. The highest BCUT2D eigenvalue weighted by Crippen LogP contribution is 2.25. The molecular weight excluding hydrogens is 346 g/mol. The second-order valence-electron chi connectivity index (χ2n) is 8.22. The van der Waals surface area contributed by atoms with Crippen molar-refractivity contribution in [2.24, 2.45) is 5.92 Å². The molecule has 5 nitrogen and oxygen atoms in total. The smallest absolute Gasteiger partial charge is 0.105 e. The molecular formula is C23H31N5. The Morgan fingerprint density at radius 2 is 1.93 bits per heavy atom. The molecule has 0 N–H and O–H groups in total. The van der Waals surface area contributed by atoms with E-state index in [1.165, 1.54) is 41.9 Å². The summed E-state index contributed by atoms with van der Waals surface area (Å²) >= 11 is 0. The summed E-state index contributed by atoms with van der Waals surface area (Å²) in [4.78, 5) is 6.98. The number of likely N-dealkylation sites (tertiary alicyclic amines) is 1. The van der Waals surface area contributed by atoms with E-state index in [-0.39, 0.29) is 0 Å². The molecule has 0 spiro atoms. The normalized spacial score (nSPS) is 17.9. The largest absolute Gasteiger partial charge is 0.335 e. The number of imidazole rings is 1. The predicted molar refractivity (Wildman–Crippen MR) is 113 cm³/mol. The number of hydrogen-bond donors (Lipinski definition) is 0. The number of piperidine rings is 1. The van der Waals surface area contributed by atoms with Crippen LogP contribution in [-0.2, 0) is 13.1 Å². The average Bonchev–Trinajstić information content (AvgIpc) is 3.20. The SMILES string of the molecule is Cc1ccccc1-n1nc(C)c(CN2CCCC(Cn3ccnc3C)C2)c1C. The van der Waals surface area contributed by atoms with Gasteiger partial charge in [-0.1, -0.05) is 18.2 Å². The fourth-order valence-corrected chi connectivity index (χ4v) is 4.48. The Labute approximate surface area is 168 Å². The second kappa shape index (κ2) is 7.92. The summed E-state index contributed by atoms with van der Waals surface area (Å²) in [5.41, 5.74) is 6.23. The van der Waals surface area contributed by atoms with Gasteiger partial charge >= 0.3 is 0 Å². The van der Waals surface area contributed by atoms with Crippen LogP contribution in [0, 0.1) is 33.6 Å². The fourth-order valence-electron chi connectivity index (χ4n) is 4.48. The van der Waals surface area contributed by atoms with Crippen LogP contribution in [0.25, 0.3) is 5.69 Å². The van der Waals surface area contributed by atoms with Gasteiger partial charge in [-0.25, -0.2) is 9.67 Å². The van der Waals surface area contributed by atoms with Crippen molar-refractivity contribution < 1.29 is 0 Å². The van der Waals surface area contributed by atoms with Gasteiger partial charge in [0, 0.05) is 43.3 Å². The molecule has 1 atom stereocenters. The maximum atomic E-state index is 4.88. The third-order valence-electron chi connectivity index (χ3n) is 6.15. The number of aromatic nitrogens is 4. The number of hydrogen-bond acceptors (Lipinski definition) is 3. The van der Waals surface area contributed by atoms with Crippen LogP contribution in [0.15, 0.2) is 36.7 Å². The molecule has 3 heterocycles. The third kappa shape index (κ3) is 3.76. The van der Waals surface area contributed by atoms with Crippen molar-refractivity contribution in [2.45, 2.75) is 53.6 Å². The van der Waals surface area contributed by atoms with Crippen LogP contribution < -0.4 is 0 Å².